The van der Waals surface area contributed by atoms with E-state index in [1.54, 1.807) is 32.0 Å². The highest BCUT2D eigenvalue weighted by Gasteiger charge is 2.23. The standard InChI is InChI=1S/C12H21N3O2/c1-5-6-11(16)15(4)10-8-13-9(7-14-10)12(2,3)17/h7,13,17H,5-6,8H2,1-4H3. The number of aliphatic hydroxyl groups is 1. The number of nitrogens with zero attached hydrogens (tertiary/aromatic N) is 2. The van der Waals surface area contributed by atoms with Gasteiger partial charge in [-0.3, -0.25) is 4.79 Å². The van der Waals surface area contributed by atoms with Crippen molar-refractivity contribution >= 4 is 11.7 Å². The van der Waals surface area contributed by atoms with Gasteiger partial charge in [-0.05, 0) is 20.3 Å². The Morgan fingerprint density at radius 1 is 1.65 bits per heavy atom. The molecule has 1 heterocycles. The second kappa shape index (κ2) is 5.31. The predicted octanol–water partition coefficient (Wildman–Crippen LogP) is 0.859. The van der Waals surface area contributed by atoms with Crippen LogP contribution < -0.4 is 5.32 Å². The minimum absolute atomic E-state index is 0.0631. The van der Waals surface area contributed by atoms with Gasteiger partial charge in [0, 0.05) is 13.5 Å². The van der Waals surface area contributed by atoms with Crippen molar-refractivity contribution in [1.82, 2.24) is 10.2 Å². The summed E-state index contributed by atoms with van der Waals surface area (Å²) in [7, 11) is 1.72. The van der Waals surface area contributed by atoms with E-state index in [0.29, 0.717) is 24.5 Å². The molecule has 96 valence electrons. The molecule has 0 spiro atoms. The van der Waals surface area contributed by atoms with Gasteiger partial charge in [-0.2, -0.15) is 0 Å². The predicted molar refractivity (Wildman–Crippen MR) is 67.5 cm³/mol. The molecule has 0 atom stereocenters. The van der Waals surface area contributed by atoms with E-state index in [4.69, 9.17) is 0 Å². The van der Waals surface area contributed by atoms with Gasteiger partial charge in [0.1, 0.15) is 5.84 Å². The van der Waals surface area contributed by atoms with Gasteiger partial charge in [-0.1, -0.05) is 6.92 Å². The highest BCUT2D eigenvalue weighted by atomic mass is 16.3. The summed E-state index contributed by atoms with van der Waals surface area (Å²) in [5, 5.41) is 12.9. The number of nitrogens with one attached hydrogen (secondary N) is 1. The summed E-state index contributed by atoms with van der Waals surface area (Å²) < 4.78 is 0. The third-order valence-corrected chi connectivity index (χ3v) is 2.66. The number of carbonyl (C=O) groups is 1. The number of aliphatic imine (C=N–C) groups is 1. The van der Waals surface area contributed by atoms with Crippen LogP contribution in [0.5, 0.6) is 0 Å². The van der Waals surface area contributed by atoms with Crippen LogP contribution in [-0.2, 0) is 4.79 Å². The van der Waals surface area contributed by atoms with E-state index in [-0.39, 0.29) is 5.91 Å². The second-order valence-corrected chi connectivity index (χ2v) is 4.70. The Bertz CT molecular complexity index is 353. The fraction of sp³-hybridized carbons (Fsp3) is 0.667. The van der Waals surface area contributed by atoms with E-state index in [0.717, 1.165) is 6.42 Å². The first-order chi connectivity index (χ1) is 7.86. The van der Waals surface area contributed by atoms with Crippen molar-refractivity contribution in [1.29, 1.82) is 0 Å². The van der Waals surface area contributed by atoms with Gasteiger partial charge >= 0.3 is 0 Å². The number of amidine groups is 1. The van der Waals surface area contributed by atoms with Gasteiger partial charge in [0.2, 0.25) is 5.91 Å². The van der Waals surface area contributed by atoms with Crippen LogP contribution in [-0.4, -0.2) is 40.9 Å². The quantitative estimate of drug-likeness (QED) is 0.767. The first-order valence-corrected chi connectivity index (χ1v) is 5.86. The summed E-state index contributed by atoms with van der Waals surface area (Å²) in [5.74, 6) is 0.740. The maximum atomic E-state index is 11.7. The molecule has 1 aliphatic heterocycles. The number of hydrogen-bond donors (Lipinski definition) is 2. The summed E-state index contributed by atoms with van der Waals surface area (Å²) in [6, 6.07) is 0. The lowest BCUT2D eigenvalue weighted by Gasteiger charge is -2.28. The average Bonchev–Trinajstić information content (AvgIpc) is 2.27. The largest absolute Gasteiger partial charge is 0.384 e. The number of likely N-dealkylation sites (N-methyl/N-ethyl adjacent to an activating group) is 1. The Morgan fingerprint density at radius 2 is 2.29 bits per heavy atom. The summed E-state index contributed by atoms with van der Waals surface area (Å²) >= 11 is 0. The van der Waals surface area contributed by atoms with E-state index in [2.05, 4.69) is 10.3 Å². The Hall–Kier alpha value is -1.36. The molecule has 2 N–H and O–H groups in total. The smallest absolute Gasteiger partial charge is 0.227 e. The second-order valence-electron chi connectivity index (χ2n) is 4.70. The molecule has 1 rings (SSSR count). The molecule has 0 aromatic rings. The summed E-state index contributed by atoms with van der Waals surface area (Å²) in [6.45, 7) is 5.82. The third kappa shape index (κ3) is 3.56. The van der Waals surface area contributed by atoms with Gasteiger partial charge in [0.15, 0.2) is 0 Å². The summed E-state index contributed by atoms with van der Waals surface area (Å²) in [6.07, 6.45) is 2.93. The molecule has 5 nitrogen and oxygen atoms in total. The fourth-order valence-electron chi connectivity index (χ4n) is 1.51. The molecule has 17 heavy (non-hydrogen) atoms. The van der Waals surface area contributed by atoms with Crippen molar-refractivity contribution in [2.75, 3.05) is 13.6 Å². The van der Waals surface area contributed by atoms with Crippen LogP contribution in [0.4, 0.5) is 0 Å². The Kier molecular flexibility index (Phi) is 4.28. The van der Waals surface area contributed by atoms with Crippen molar-refractivity contribution in [3.8, 4) is 0 Å². The molecule has 0 radical (unpaired) electrons. The zero-order valence-corrected chi connectivity index (χ0v) is 10.9. The van der Waals surface area contributed by atoms with Crippen LogP contribution >= 0.6 is 0 Å². The molecular weight excluding hydrogens is 218 g/mol. The van der Waals surface area contributed by atoms with Gasteiger partial charge < -0.3 is 15.3 Å². The lowest BCUT2D eigenvalue weighted by molar-refractivity contribution is -0.126. The van der Waals surface area contributed by atoms with E-state index >= 15 is 0 Å². The van der Waals surface area contributed by atoms with Crippen LogP contribution in [0.25, 0.3) is 0 Å². The van der Waals surface area contributed by atoms with Crippen molar-refractivity contribution in [3.63, 3.8) is 0 Å². The molecule has 0 bridgehead atoms. The van der Waals surface area contributed by atoms with Crippen molar-refractivity contribution in [2.24, 2.45) is 4.99 Å². The number of hydrogen-bond acceptors (Lipinski definition) is 4. The van der Waals surface area contributed by atoms with Gasteiger partial charge in [-0.15, -0.1) is 0 Å². The minimum Gasteiger partial charge on any atom is -0.384 e. The zero-order valence-electron chi connectivity index (χ0n) is 10.9. The summed E-state index contributed by atoms with van der Waals surface area (Å²) in [4.78, 5) is 17.4. The van der Waals surface area contributed by atoms with E-state index < -0.39 is 5.60 Å². The summed E-state index contributed by atoms with van der Waals surface area (Å²) in [5.41, 5.74) is -0.265. The molecule has 0 aromatic carbocycles. The molecule has 0 saturated carbocycles. The number of rotatable bonds is 3. The van der Waals surface area contributed by atoms with Crippen LogP contribution in [0.15, 0.2) is 16.9 Å². The fourth-order valence-corrected chi connectivity index (χ4v) is 1.51. The van der Waals surface area contributed by atoms with Crippen LogP contribution in [0.3, 0.4) is 0 Å². The topological polar surface area (TPSA) is 64.9 Å². The first-order valence-electron chi connectivity index (χ1n) is 5.86. The molecule has 0 saturated heterocycles. The van der Waals surface area contributed by atoms with Gasteiger partial charge in [-0.25, -0.2) is 4.99 Å². The molecule has 1 amide bonds. The minimum atomic E-state index is -0.930. The maximum absolute atomic E-state index is 11.7. The molecule has 1 aliphatic rings. The van der Waals surface area contributed by atoms with Crippen LogP contribution in [0.1, 0.15) is 33.6 Å². The highest BCUT2D eigenvalue weighted by molar-refractivity contribution is 5.99. The van der Waals surface area contributed by atoms with Crippen molar-refractivity contribution < 1.29 is 9.90 Å². The van der Waals surface area contributed by atoms with Crippen molar-refractivity contribution in [2.45, 2.75) is 39.2 Å². The van der Waals surface area contributed by atoms with Gasteiger partial charge in [0.25, 0.3) is 0 Å². The number of amides is 1. The maximum Gasteiger partial charge on any atom is 0.227 e. The Labute approximate surface area is 102 Å². The van der Waals surface area contributed by atoms with Gasteiger partial charge in [0.05, 0.1) is 24.0 Å². The van der Waals surface area contributed by atoms with E-state index in [1.807, 2.05) is 6.92 Å². The molecule has 0 unspecified atom stereocenters. The lowest BCUT2D eigenvalue weighted by atomic mass is 10.1. The third-order valence-electron chi connectivity index (χ3n) is 2.66. The van der Waals surface area contributed by atoms with Crippen LogP contribution in [0, 0.1) is 0 Å². The first kappa shape index (κ1) is 13.7. The molecular formula is C12H21N3O2. The zero-order chi connectivity index (χ0) is 13.1. The SMILES string of the molecule is CCCC(=O)N(C)C1=NC=C(C(C)(C)O)NC1. The normalized spacial score (nSPS) is 15.8. The average molecular weight is 239 g/mol. The van der Waals surface area contributed by atoms with E-state index in [9.17, 15) is 9.90 Å². The Balaban J connectivity index is 2.74. The molecule has 5 heteroatoms. The monoisotopic (exact) mass is 239 g/mol. The van der Waals surface area contributed by atoms with Crippen molar-refractivity contribution in [3.05, 3.63) is 11.9 Å². The molecule has 0 fully saturated rings. The van der Waals surface area contributed by atoms with Crippen LogP contribution in [0.2, 0.25) is 0 Å². The Morgan fingerprint density at radius 3 is 2.71 bits per heavy atom. The lowest BCUT2D eigenvalue weighted by Crippen LogP contribution is -2.44. The molecule has 0 aliphatic carbocycles. The highest BCUT2D eigenvalue weighted by Crippen LogP contribution is 2.15. The van der Waals surface area contributed by atoms with E-state index in [1.165, 1.54) is 0 Å². The number of carbonyl (C=O) groups excluding carboxylic acids is 1. The molecule has 0 aromatic heterocycles.